The highest BCUT2D eigenvalue weighted by Gasteiger charge is 2.50. The van der Waals surface area contributed by atoms with Crippen LogP contribution in [0.25, 0.3) is 0 Å². The largest absolute Gasteiger partial charge is 0.381 e. The van der Waals surface area contributed by atoms with Crippen LogP contribution in [0.15, 0.2) is 24.3 Å². The van der Waals surface area contributed by atoms with E-state index in [9.17, 15) is 18.5 Å². The van der Waals surface area contributed by atoms with Crippen molar-refractivity contribution in [3.63, 3.8) is 0 Å². The van der Waals surface area contributed by atoms with Crippen LogP contribution in [-0.4, -0.2) is 50.1 Å². The fourth-order valence-electron chi connectivity index (χ4n) is 3.71. The van der Waals surface area contributed by atoms with Crippen LogP contribution in [0.2, 0.25) is 0 Å². The van der Waals surface area contributed by atoms with Crippen molar-refractivity contribution < 1.29 is 18.1 Å². The van der Waals surface area contributed by atoms with Crippen LogP contribution in [0.3, 0.4) is 0 Å². The van der Waals surface area contributed by atoms with Gasteiger partial charge >= 0.3 is 0 Å². The van der Waals surface area contributed by atoms with Gasteiger partial charge in [-0.25, -0.2) is 8.42 Å². The average molecular weight is 340 g/mol. The Morgan fingerprint density at radius 1 is 1.30 bits per heavy atom. The number of sulfone groups is 1. The first-order chi connectivity index (χ1) is 10.8. The molecule has 0 saturated carbocycles. The topological polar surface area (TPSA) is 89.8 Å². The van der Waals surface area contributed by atoms with Gasteiger partial charge in [0.25, 0.3) is 5.69 Å². The summed E-state index contributed by atoms with van der Waals surface area (Å²) in [4.78, 5) is 12.9. The van der Waals surface area contributed by atoms with Crippen LogP contribution in [0.5, 0.6) is 0 Å². The molecule has 0 aliphatic carbocycles. The second kappa shape index (κ2) is 5.76. The molecule has 2 saturated heterocycles. The number of benzene rings is 1. The molecule has 2 aliphatic rings. The van der Waals surface area contributed by atoms with E-state index >= 15 is 0 Å². The van der Waals surface area contributed by atoms with E-state index in [2.05, 4.69) is 0 Å². The van der Waals surface area contributed by atoms with E-state index in [1.54, 1.807) is 18.2 Å². The Hall–Kier alpha value is -1.67. The first kappa shape index (κ1) is 16.2. The van der Waals surface area contributed by atoms with Gasteiger partial charge in [0.05, 0.1) is 10.2 Å². The summed E-state index contributed by atoms with van der Waals surface area (Å²) in [6.07, 6.45) is 3.12. The van der Waals surface area contributed by atoms with E-state index < -0.39 is 20.0 Å². The number of anilines is 1. The Balaban J connectivity index is 2.06. The standard InChI is InChI=1S/C15H20N2O5S/c1-23(20,21)12-10-15(6-8-22-9-7-15)16(11-12)13-4-2-3-5-14(13)17(18)19/h2-5,12H,6-11H2,1H3. The van der Waals surface area contributed by atoms with Crippen molar-refractivity contribution in [2.24, 2.45) is 0 Å². The van der Waals surface area contributed by atoms with E-state index in [1.165, 1.54) is 12.3 Å². The fraction of sp³-hybridized carbons (Fsp3) is 0.600. The molecule has 1 spiro atoms. The zero-order valence-electron chi connectivity index (χ0n) is 13.0. The molecule has 1 atom stereocenters. The minimum Gasteiger partial charge on any atom is -0.381 e. The highest BCUT2D eigenvalue weighted by atomic mass is 32.2. The predicted molar refractivity (Wildman–Crippen MR) is 86.5 cm³/mol. The zero-order valence-corrected chi connectivity index (χ0v) is 13.8. The summed E-state index contributed by atoms with van der Waals surface area (Å²) in [6.45, 7) is 1.39. The zero-order chi connectivity index (χ0) is 16.7. The third-order valence-electron chi connectivity index (χ3n) is 4.96. The Kier molecular flexibility index (Phi) is 4.05. The first-order valence-electron chi connectivity index (χ1n) is 7.61. The van der Waals surface area contributed by atoms with Gasteiger partial charge in [-0.15, -0.1) is 0 Å². The second-order valence-corrected chi connectivity index (χ2v) is 8.67. The molecule has 7 nitrogen and oxygen atoms in total. The van der Waals surface area contributed by atoms with Gasteiger partial charge in [-0.05, 0) is 25.3 Å². The quantitative estimate of drug-likeness (QED) is 0.615. The number of rotatable bonds is 3. The summed E-state index contributed by atoms with van der Waals surface area (Å²) >= 11 is 0. The van der Waals surface area contributed by atoms with Crippen molar-refractivity contribution in [1.82, 2.24) is 0 Å². The van der Waals surface area contributed by atoms with E-state index in [-0.39, 0.29) is 11.2 Å². The van der Waals surface area contributed by atoms with Crippen LogP contribution in [0.1, 0.15) is 19.3 Å². The minimum absolute atomic E-state index is 0.0208. The highest BCUT2D eigenvalue weighted by molar-refractivity contribution is 7.91. The van der Waals surface area contributed by atoms with Gasteiger partial charge in [0, 0.05) is 37.6 Å². The van der Waals surface area contributed by atoms with Gasteiger partial charge in [-0.2, -0.15) is 0 Å². The number of nitrogens with zero attached hydrogens (tertiary/aromatic N) is 2. The molecule has 0 aromatic heterocycles. The number of hydrogen-bond donors (Lipinski definition) is 0. The molecule has 1 unspecified atom stereocenters. The van der Waals surface area contributed by atoms with Crippen LogP contribution < -0.4 is 4.90 Å². The van der Waals surface area contributed by atoms with Gasteiger partial charge in [-0.1, -0.05) is 12.1 Å². The Morgan fingerprint density at radius 2 is 1.96 bits per heavy atom. The summed E-state index contributed by atoms with van der Waals surface area (Å²) in [5.74, 6) is 0. The van der Waals surface area contributed by atoms with Crippen LogP contribution in [-0.2, 0) is 14.6 Å². The molecule has 0 amide bonds. The molecule has 8 heteroatoms. The number of para-hydroxylation sites is 2. The monoisotopic (exact) mass is 340 g/mol. The molecular formula is C15H20N2O5S. The maximum absolute atomic E-state index is 12.1. The van der Waals surface area contributed by atoms with Crippen molar-refractivity contribution >= 4 is 21.2 Å². The third kappa shape index (κ3) is 2.92. The first-order valence-corrected chi connectivity index (χ1v) is 9.57. The Morgan fingerprint density at radius 3 is 2.57 bits per heavy atom. The van der Waals surface area contributed by atoms with Crippen molar-refractivity contribution in [1.29, 1.82) is 0 Å². The number of hydrogen-bond acceptors (Lipinski definition) is 6. The molecule has 2 aliphatic heterocycles. The summed E-state index contributed by atoms with van der Waals surface area (Å²) in [5, 5.41) is 10.9. The van der Waals surface area contributed by atoms with Crippen LogP contribution in [0, 0.1) is 10.1 Å². The van der Waals surface area contributed by atoms with E-state index in [0.717, 1.165) is 0 Å². The summed E-state index contributed by atoms with van der Waals surface area (Å²) in [6, 6.07) is 6.56. The molecular weight excluding hydrogens is 320 g/mol. The van der Waals surface area contributed by atoms with Crippen molar-refractivity contribution in [2.45, 2.75) is 30.1 Å². The molecule has 126 valence electrons. The van der Waals surface area contributed by atoms with Crippen molar-refractivity contribution in [3.05, 3.63) is 34.4 Å². The number of nitro benzene ring substituents is 1. The van der Waals surface area contributed by atoms with E-state index in [0.29, 0.717) is 44.7 Å². The molecule has 1 aromatic carbocycles. The maximum Gasteiger partial charge on any atom is 0.292 e. The van der Waals surface area contributed by atoms with Crippen molar-refractivity contribution in [2.75, 3.05) is 30.9 Å². The lowest BCUT2D eigenvalue weighted by molar-refractivity contribution is -0.384. The number of ether oxygens (including phenoxy) is 1. The van der Waals surface area contributed by atoms with Crippen LogP contribution >= 0.6 is 0 Å². The molecule has 2 fully saturated rings. The highest BCUT2D eigenvalue weighted by Crippen LogP contribution is 2.45. The molecule has 0 bridgehead atoms. The molecule has 2 heterocycles. The minimum atomic E-state index is -3.20. The van der Waals surface area contributed by atoms with E-state index in [4.69, 9.17) is 4.74 Å². The van der Waals surface area contributed by atoms with Crippen molar-refractivity contribution in [3.8, 4) is 0 Å². The molecule has 3 rings (SSSR count). The lowest BCUT2D eigenvalue weighted by Crippen LogP contribution is -2.48. The summed E-state index contributed by atoms with van der Waals surface area (Å²) in [7, 11) is -3.20. The van der Waals surface area contributed by atoms with Gasteiger partial charge in [0.15, 0.2) is 9.84 Å². The van der Waals surface area contributed by atoms with E-state index in [1.807, 2.05) is 4.90 Å². The molecule has 0 N–H and O–H groups in total. The lowest BCUT2D eigenvalue weighted by atomic mass is 9.87. The summed E-state index contributed by atoms with van der Waals surface area (Å²) in [5.41, 5.74) is 0.149. The Bertz CT molecular complexity index is 712. The SMILES string of the molecule is CS(=O)(=O)C1CN(c2ccccc2[N+](=O)[O-])C2(CCOCC2)C1. The lowest BCUT2D eigenvalue weighted by Gasteiger charge is -2.42. The van der Waals surface area contributed by atoms with Gasteiger partial charge in [0.2, 0.25) is 0 Å². The second-order valence-electron chi connectivity index (χ2n) is 6.35. The predicted octanol–water partition coefficient (Wildman–Crippen LogP) is 1.77. The molecule has 23 heavy (non-hydrogen) atoms. The molecule has 1 aromatic rings. The van der Waals surface area contributed by atoms with Crippen LogP contribution in [0.4, 0.5) is 11.4 Å². The number of nitro groups is 1. The average Bonchev–Trinajstić information content (AvgIpc) is 2.87. The smallest absolute Gasteiger partial charge is 0.292 e. The van der Waals surface area contributed by atoms with Gasteiger partial charge < -0.3 is 9.64 Å². The normalized spacial score (nSPS) is 24.0. The van der Waals surface area contributed by atoms with Gasteiger partial charge in [0.1, 0.15) is 5.69 Å². The third-order valence-corrected chi connectivity index (χ3v) is 6.49. The van der Waals surface area contributed by atoms with Gasteiger partial charge in [-0.3, -0.25) is 10.1 Å². The fourth-order valence-corrected chi connectivity index (χ4v) is 4.74. The Labute approximate surface area is 135 Å². The maximum atomic E-state index is 12.1. The molecule has 0 radical (unpaired) electrons. The summed E-state index contributed by atoms with van der Waals surface area (Å²) < 4.78 is 29.6.